The van der Waals surface area contributed by atoms with Gasteiger partial charge in [0.15, 0.2) is 0 Å². The molecule has 1 atom stereocenters. The van der Waals surface area contributed by atoms with Crippen molar-refractivity contribution in [1.82, 2.24) is 9.55 Å². The number of nitrogens with one attached hydrogen (secondary N) is 1. The SMILES string of the molecule is O=C1Nc2ccccc2CC[C@@H]1n1cnc2ccsc2c1=O. The minimum absolute atomic E-state index is 0.147. The summed E-state index contributed by atoms with van der Waals surface area (Å²) in [6.07, 6.45) is 2.81. The lowest BCUT2D eigenvalue weighted by Crippen LogP contribution is -2.32. The Morgan fingerprint density at radius 1 is 1.23 bits per heavy atom. The maximum Gasteiger partial charge on any atom is 0.272 e. The van der Waals surface area contributed by atoms with Crippen LogP contribution in [0.4, 0.5) is 5.69 Å². The second-order valence-electron chi connectivity index (χ2n) is 5.29. The van der Waals surface area contributed by atoms with Crippen molar-refractivity contribution in [2.75, 3.05) is 5.32 Å². The van der Waals surface area contributed by atoms with E-state index in [4.69, 9.17) is 0 Å². The maximum absolute atomic E-state index is 12.6. The molecule has 0 saturated heterocycles. The topological polar surface area (TPSA) is 64.0 Å². The molecule has 6 heteroatoms. The molecular weight excluding hydrogens is 298 g/mol. The van der Waals surface area contributed by atoms with Crippen molar-refractivity contribution in [3.05, 3.63) is 58.0 Å². The lowest BCUT2D eigenvalue weighted by Gasteiger charge is -2.15. The molecule has 3 aromatic rings. The summed E-state index contributed by atoms with van der Waals surface area (Å²) in [7, 11) is 0. The minimum atomic E-state index is -0.529. The van der Waals surface area contributed by atoms with Gasteiger partial charge in [0.1, 0.15) is 10.7 Å². The van der Waals surface area contributed by atoms with E-state index in [-0.39, 0.29) is 11.5 Å². The van der Waals surface area contributed by atoms with E-state index in [2.05, 4.69) is 10.3 Å². The van der Waals surface area contributed by atoms with Gasteiger partial charge in [-0.15, -0.1) is 11.3 Å². The van der Waals surface area contributed by atoms with Crippen LogP contribution in [0, 0.1) is 0 Å². The summed E-state index contributed by atoms with van der Waals surface area (Å²) in [5.41, 5.74) is 2.46. The largest absolute Gasteiger partial charge is 0.324 e. The Kier molecular flexibility index (Phi) is 3.04. The summed E-state index contributed by atoms with van der Waals surface area (Å²) in [6, 6.07) is 9.02. The Morgan fingerprint density at radius 2 is 2.09 bits per heavy atom. The van der Waals surface area contributed by atoms with Crippen molar-refractivity contribution in [3.8, 4) is 0 Å². The van der Waals surface area contributed by atoms with E-state index in [1.807, 2.05) is 35.7 Å². The molecule has 5 nitrogen and oxygen atoms in total. The molecule has 110 valence electrons. The normalized spacial score (nSPS) is 17.8. The van der Waals surface area contributed by atoms with Gasteiger partial charge in [-0.2, -0.15) is 0 Å². The molecule has 1 aromatic carbocycles. The van der Waals surface area contributed by atoms with Gasteiger partial charge in [0.25, 0.3) is 5.56 Å². The van der Waals surface area contributed by atoms with E-state index in [1.165, 1.54) is 22.2 Å². The Morgan fingerprint density at radius 3 is 3.00 bits per heavy atom. The molecule has 0 aliphatic carbocycles. The number of benzene rings is 1. The van der Waals surface area contributed by atoms with Crippen LogP contribution in [0.5, 0.6) is 0 Å². The predicted molar refractivity (Wildman–Crippen MR) is 86.3 cm³/mol. The zero-order valence-electron chi connectivity index (χ0n) is 11.7. The van der Waals surface area contributed by atoms with Crippen LogP contribution in [-0.2, 0) is 11.2 Å². The van der Waals surface area contributed by atoms with Crippen LogP contribution in [0.2, 0.25) is 0 Å². The van der Waals surface area contributed by atoms with Gasteiger partial charge in [0.2, 0.25) is 5.91 Å². The number of amides is 1. The highest BCUT2D eigenvalue weighted by Gasteiger charge is 2.26. The third-order valence-electron chi connectivity index (χ3n) is 4.00. The lowest BCUT2D eigenvalue weighted by molar-refractivity contribution is -0.119. The number of hydrogen-bond acceptors (Lipinski definition) is 4. The maximum atomic E-state index is 12.6. The summed E-state index contributed by atoms with van der Waals surface area (Å²) in [5.74, 6) is -0.162. The van der Waals surface area contributed by atoms with E-state index < -0.39 is 6.04 Å². The molecule has 1 aliphatic rings. The van der Waals surface area contributed by atoms with E-state index in [0.717, 1.165) is 17.7 Å². The number of aromatic nitrogens is 2. The summed E-state index contributed by atoms with van der Waals surface area (Å²) in [5, 5.41) is 4.76. The fourth-order valence-corrected chi connectivity index (χ4v) is 3.63. The number of aryl methyl sites for hydroxylation is 1. The van der Waals surface area contributed by atoms with Gasteiger partial charge in [-0.05, 0) is 35.9 Å². The molecule has 1 amide bonds. The summed E-state index contributed by atoms with van der Waals surface area (Å²) in [4.78, 5) is 29.4. The van der Waals surface area contributed by atoms with Crippen molar-refractivity contribution >= 4 is 33.1 Å². The van der Waals surface area contributed by atoms with Crippen molar-refractivity contribution < 1.29 is 4.79 Å². The van der Waals surface area contributed by atoms with Gasteiger partial charge in [0, 0.05) is 5.69 Å². The predicted octanol–water partition coefficient (Wildman–Crippen LogP) is 2.58. The molecule has 2 aromatic heterocycles. The van der Waals surface area contributed by atoms with Crippen molar-refractivity contribution in [2.45, 2.75) is 18.9 Å². The van der Waals surface area contributed by atoms with Crippen LogP contribution in [0.25, 0.3) is 10.2 Å². The van der Waals surface area contributed by atoms with E-state index in [1.54, 1.807) is 0 Å². The number of hydrogen-bond donors (Lipinski definition) is 1. The van der Waals surface area contributed by atoms with Crippen LogP contribution in [0.3, 0.4) is 0 Å². The van der Waals surface area contributed by atoms with Gasteiger partial charge < -0.3 is 5.32 Å². The fraction of sp³-hybridized carbons (Fsp3) is 0.188. The van der Waals surface area contributed by atoms with E-state index >= 15 is 0 Å². The van der Waals surface area contributed by atoms with Crippen molar-refractivity contribution in [3.63, 3.8) is 0 Å². The first kappa shape index (κ1) is 13.2. The number of carbonyl (C=O) groups excluding carboxylic acids is 1. The first-order valence-corrected chi connectivity index (χ1v) is 7.95. The smallest absolute Gasteiger partial charge is 0.272 e. The first-order valence-electron chi connectivity index (χ1n) is 7.07. The minimum Gasteiger partial charge on any atom is -0.324 e. The second kappa shape index (κ2) is 5.06. The van der Waals surface area contributed by atoms with E-state index in [9.17, 15) is 9.59 Å². The Balaban J connectivity index is 1.78. The Bertz CT molecular complexity index is 928. The van der Waals surface area contributed by atoms with Gasteiger partial charge in [0.05, 0.1) is 11.8 Å². The molecule has 22 heavy (non-hydrogen) atoms. The summed E-state index contributed by atoms with van der Waals surface area (Å²) < 4.78 is 2.05. The highest BCUT2D eigenvalue weighted by molar-refractivity contribution is 7.17. The average Bonchev–Trinajstić information content (AvgIpc) is 2.94. The van der Waals surface area contributed by atoms with Gasteiger partial charge in [-0.3, -0.25) is 14.2 Å². The molecular formula is C16H13N3O2S. The number of rotatable bonds is 1. The fourth-order valence-electron chi connectivity index (χ4n) is 2.85. The third kappa shape index (κ3) is 2.03. The first-order chi connectivity index (χ1) is 10.7. The second-order valence-corrected chi connectivity index (χ2v) is 6.21. The van der Waals surface area contributed by atoms with Crippen LogP contribution in [0.15, 0.2) is 46.8 Å². The van der Waals surface area contributed by atoms with Crippen molar-refractivity contribution in [1.29, 1.82) is 0 Å². The molecule has 4 rings (SSSR count). The standard InChI is InChI=1S/C16H13N3O2S/c20-15-13(6-5-10-3-1-2-4-11(10)18-15)19-9-17-12-7-8-22-14(12)16(19)21/h1-4,7-9,13H,5-6H2,(H,18,20)/t13-/m0/s1. The number of thiophene rings is 1. The monoisotopic (exact) mass is 311 g/mol. The lowest BCUT2D eigenvalue weighted by atomic mass is 10.1. The highest BCUT2D eigenvalue weighted by atomic mass is 32.1. The molecule has 1 aliphatic heterocycles. The molecule has 0 fully saturated rings. The molecule has 0 bridgehead atoms. The number of nitrogens with zero attached hydrogens (tertiary/aromatic N) is 2. The van der Waals surface area contributed by atoms with E-state index in [0.29, 0.717) is 16.6 Å². The number of fused-ring (bicyclic) bond motifs is 2. The third-order valence-corrected chi connectivity index (χ3v) is 4.89. The van der Waals surface area contributed by atoms with Crippen LogP contribution >= 0.6 is 11.3 Å². The zero-order chi connectivity index (χ0) is 15.1. The Hall–Kier alpha value is -2.47. The van der Waals surface area contributed by atoms with Crippen LogP contribution < -0.4 is 10.9 Å². The van der Waals surface area contributed by atoms with Gasteiger partial charge >= 0.3 is 0 Å². The Labute approximate surface area is 130 Å². The van der Waals surface area contributed by atoms with Crippen LogP contribution in [0.1, 0.15) is 18.0 Å². The summed E-state index contributed by atoms with van der Waals surface area (Å²) in [6.45, 7) is 0. The molecule has 3 heterocycles. The van der Waals surface area contributed by atoms with Crippen LogP contribution in [-0.4, -0.2) is 15.5 Å². The number of anilines is 1. The van der Waals surface area contributed by atoms with Gasteiger partial charge in [-0.1, -0.05) is 18.2 Å². The number of para-hydroxylation sites is 1. The molecule has 0 radical (unpaired) electrons. The summed E-state index contributed by atoms with van der Waals surface area (Å²) >= 11 is 1.36. The molecule has 1 N–H and O–H groups in total. The molecule has 0 spiro atoms. The zero-order valence-corrected chi connectivity index (χ0v) is 12.5. The molecule has 0 unspecified atom stereocenters. The highest BCUT2D eigenvalue weighted by Crippen LogP contribution is 2.26. The molecule has 0 saturated carbocycles. The average molecular weight is 311 g/mol. The number of carbonyl (C=O) groups is 1. The van der Waals surface area contributed by atoms with Crippen molar-refractivity contribution in [2.24, 2.45) is 0 Å². The van der Waals surface area contributed by atoms with Gasteiger partial charge in [-0.25, -0.2) is 4.98 Å². The quantitative estimate of drug-likeness (QED) is 0.751.